The minimum absolute atomic E-state index is 0.164. The van der Waals surface area contributed by atoms with E-state index in [-0.39, 0.29) is 5.78 Å². The van der Waals surface area contributed by atoms with Gasteiger partial charge in [-0.15, -0.1) is 0 Å². The van der Waals surface area contributed by atoms with E-state index in [1.807, 2.05) is 0 Å². The molecule has 0 amide bonds. The predicted molar refractivity (Wildman–Crippen MR) is 64.5 cm³/mol. The second-order valence-electron chi connectivity index (χ2n) is 3.28. The number of pyridine rings is 1. The van der Waals surface area contributed by atoms with Crippen LogP contribution in [-0.4, -0.2) is 18.6 Å². The molecule has 2 aromatic rings. The Morgan fingerprint density at radius 2 is 2.06 bits per heavy atom. The summed E-state index contributed by atoms with van der Waals surface area (Å²) >= 11 is 5.85. The molecule has 0 atom stereocenters. The van der Waals surface area contributed by atoms with E-state index < -0.39 is 0 Å². The molecule has 0 aliphatic heterocycles. The van der Waals surface area contributed by atoms with Crippen molar-refractivity contribution in [1.29, 1.82) is 0 Å². The summed E-state index contributed by atoms with van der Waals surface area (Å²) in [7, 11) is 5.57. The molecule has 1 aromatic heterocycles. The molecule has 76 valence electrons. The van der Waals surface area contributed by atoms with Crippen molar-refractivity contribution in [2.45, 2.75) is 0 Å². The molecule has 0 unspecified atom stereocenters. The number of benzene rings is 1. The van der Waals surface area contributed by atoms with Gasteiger partial charge in [0.25, 0.3) is 0 Å². The van der Waals surface area contributed by atoms with Crippen LogP contribution in [0.25, 0.3) is 0 Å². The molecule has 16 heavy (non-hydrogen) atoms. The third kappa shape index (κ3) is 2.14. The fourth-order valence-electron chi connectivity index (χ4n) is 1.31. The zero-order valence-corrected chi connectivity index (χ0v) is 9.11. The summed E-state index contributed by atoms with van der Waals surface area (Å²) < 4.78 is 0. The number of carbonyl (C=O) groups excluding carboxylic acids is 1. The molecule has 2 rings (SSSR count). The molecule has 4 heteroatoms. The van der Waals surface area contributed by atoms with Crippen molar-refractivity contribution in [3.63, 3.8) is 0 Å². The highest BCUT2D eigenvalue weighted by Gasteiger charge is 2.10. The van der Waals surface area contributed by atoms with Crippen LogP contribution in [0.3, 0.4) is 0 Å². The zero-order chi connectivity index (χ0) is 11.5. The highest BCUT2D eigenvalue weighted by atomic mass is 35.5. The first-order valence-electron chi connectivity index (χ1n) is 4.69. The molecule has 0 aliphatic rings. The number of hydrogen-bond donors (Lipinski definition) is 0. The van der Waals surface area contributed by atoms with Crippen LogP contribution >= 0.6 is 11.6 Å². The van der Waals surface area contributed by atoms with Crippen LogP contribution in [0.1, 0.15) is 16.1 Å². The van der Waals surface area contributed by atoms with E-state index in [0.29, 0.717) is 21.7 Å². The fourth-order valence-corrected chi connectivity index (χ4v) is 1.49. The average molecular weight is 227 g/mol. The number of ketones is 1. The SMILES string of the molecule is [B]c1ccc(C(=O)c2ccccn2)cc1Cl. The van der Waals surface area contributed by atoms with Gasteiger partial charge in [0, 0.05) is 16.8 Å². The minimum Gasteiger partial charge on any atom is -0.287 e. The normalized spacial score (nSPS) is 10.1. The third-order valence-corrected chi connectivity index (χ3v) is 2.49. The van der Waals surface area contributed by atoms with Crippen molar-refractivity contribution in [3.05, 3.63) is 58.9 Å². The molecule has 0 N–H and O–H groups in total. The van der Waals surface area contributed by atoms with Crippen LogP contribution in [0, 0.1) is 0 Å². The van der Waals surface area contributed by atoms with Crippen LogP contribution in [0.5, 0.6) is 0 Å². The Morgan fingerprint density at radius 1 is 1.25 bits per heavy atom. The summed E-state index contributed by atoms with van der Waals surface area (Å²) in [5.74, 6) is -0.164. The van der Waals surface area contributed by atoms with Crippen LogP contribution in [0.2, 0.25) is 5.02 Å². The van der Waals surface area contributed by atoms with Crippen molar-refractivity contribution in [2.75, 3.05) is 0 Å². The monoisotopic (exact) mass is 227 g/mol. The summed E-state index contributed by atoms with van der Waals surface area (Å²) in [5, 5.41) is 0.377. The van der Waals surface area contributed by atoms with E-state index in [4.69, 9.17) is 19.4 Å². The van der Waals surface area contributed by atoms with Crippen molar-refractivity contribution < 1.29 is 4.79 Å². The van der Waals surface area contributed by atoms with E-state index in [1.54, 1.807) is 42.6 Å². The van der Waals surface area contributed by atoms with E-state index in [9.17, 15) is 4.79 Å². The van der Waals surface area contributed by atoms with Gasteiger partial charge < -0.3 is 0 Å². The lowest BCUT2D eigenvalue weighted by Crippen LogP contribution is -2.08. The van der Waals surface area contributed by atoms with Gasteiger partial charge in [-0.25, -0.2) is 0 Å². The van der Waals surface area contributed by atoms with Gasteiger partial charge in [0.15, 0.2) is 0 Å². The maximum atomic E-state index is 11.9. The summed E-state index contributed by atoms with van der Waals surface area (Å²) in [6.45, 7) is 0. The van der Waals surface area contributed by atoms with Gasteiger partial charge in [-0.1, -0.05) is 35.3 Å². The standard InChI is InChI=1S/C12H7BClNO/c13-9-5-4-8(7-10(9)14)12(16)11-3-1-2-6-15-11/h1-7H. The maximum Gasteiger partial charge on any atom is 0.211 e. The molecule has 0 aliphatic carbocycles. The van der Waals surface area contributed by atoms with Crippen LogP contribution in [-0.2, 0) is 0 Å². The number of halogens is 1. The molecular formula is C12H7BClNO. The Balaban J connectivity index is 2.39. The fraction of sp³-hybridized carbons (Fsp3) is 0. The van der Waals surface area contributed by atoms with Crippen LogP contribution in [0.4, 0.5) is 0 Å². The molecule has 0 spiro atoms. The van der Waals surface area contributed by atoms with Gasteiger partial charge >= 0.3 is 0 Å². The summed E-state index contributed by atoms with van der Waals surface area (Å²) in [5.41, 5.74) is 1.33. The minimum atomic E-state index is -0.164. The molecule has 2 nitrogen and oxygen atoms in total. The maximum absolute atomic E-state index is 11.9. The molecule has 0 saturated carbocycles. The quantitative estimate of drug-likeness (QED) is 0.578. The Kier molecular flexibility index (Phi) is 3.06. The highest BCUT2D eigenvalue weighted by Crippen LogP contribution is 2.11. The Hall–Kier alpha value is -1.61. The Morgan fingerprint density at radius 3 is 2.69 bits per heavy atom. The summed E-state index contributed by atoms with van der Waals surface area (Å²) in [4.78, 5) is 15.9. The molecule has 0 bridgehead atoms. The van der Waals surface area contributed by atoms with Crippen molar-refractivity contribution in [3.8, 4) is 0 Å². The lowest BCUT2D eigenvalue weighted by Gasteiger charge is -2.02. The van der Waals surface area contributed by atoms with Crippen molar-refractivity contribution in [2.24, 2.45) is 0 Å². The number of nitrogens with zero attached hydrogens (tertiary/aromatic N) is 1. The van der Waals surface area contributed by atoms with Gasteiger partial charge in [0.05, 0.1) is 0 Å². The van der Waals surface area contributed by atoms with Gasteiger partial charge in [0.1, 0.15) is 13.5 Å². The van der Waals surface area contributed by atoms with Gasteiger partial charge in [-0.3, -0.25) is 9.78 Å². The van der Waals surface area contributed by atoms with Gasteiger partial charge in [0.2, 0.25) is 5.78 Å². The Labute approximate surface area is 99.7 Å². The van der Waals surface area contributed by atoms with Crippen molar-refractivity contribution in [1.82, 2.24) is 4.98 Å². The van der Waals surface area contributed by atoms with Gasteiger partial charge in [-0.05, 0) is 18.2 Å². The molecule has 0 saturated heterocycles. The van der Waals surface area contributed by atoms with E-state index in [1.165, 1.54) is 0 Å². The molecule has 0 fully saturated rings. The largest absolute Gasteiger partial charge is 0.287 e. The lowest BCUT2D eigenvalue weighted by molar-refractivity contribution is 0.103. The molecule has 1 aromatic carbocycles. The highest BCUT2D eigenvalue weighted by molar-refractivity contribution is 6.45. The number of rotatable bonds is 2. The number of aromatic nitrogens is 1. The van der Waals surface area contributed by atoms with E-state index >= 15 is 0 Å². The topological polar surface area (TPSA) is 30.0 Å². The van der Waals surface area contributed by atoms with Crippen LogP contribution < -0.4 is 5.46 Å². The second-order valence-corrected chi connectivity index (χ2v) is 3.69. The van der Waals surface area contributed by atoms with E-state index in [2.05, 4.69) is 4.98 Å². The van der Waals surface area contributed by atoms with Gasteiger partial charge in [-0.2, -0.15) is 0 Å². The molecule has 1 heterocycles. The van der Waals surface area contributed by atoms with Crippen LogP contribution in [0.15, 0.2) is 42.6 Å². The first-order valence-corrected chi connectivity index (χ1v) is 5.07. The lowest BCUT2D eigenvalue weighted by atomic mass is 9.94. The number of carbonyl (C=O) groups is 1. The second kappa shape index (κ2) is 4.50. The third-order valence-electron chi connectivity index (χ3n) is 2.16. The predicted octanol–water partition coefficient (Wildman–Crippen LogP) is 1.76. The smallest absolute Gasteiger partial charge is 0.211 e. The van der Waals surface area contributed by atoms with Crippen molar-refractivity contribution >= 4 is 30.7 Å². The first-order chi connectivity index (χ1) is 7.68. The molecule has 2 radical (unpaired) electrons. The number of hydrogen-bond acceptors (Lipinski definition) is 2. The molecular weight excluding hydrogens is 220 g/mol. The Bertz CT molecular complexity index is 528. The zero-order valence-electron chi connectivity index (χ0n) is 8.35. The average Bonchev–Trinajstić information content (AvgIpc) is 2.33. The summed E-state index contributed by atoms with van der Waals surface area (Å²) in [6.07, 6.45) is 1.58. The first kappa shape index (κ1) is 10.9. The summed E-state index contributed by atoms with van der Waals surface area (Å²) in [6, 6.07) is 9.98. The van der Waals surface area contributed by atoms with E-state index in [0.717, 1.165) is 0 Å².